The molecule has 158 valence electrons. The van der Waals surface area contributed by atoms with Crippen LogP contribution >= 0.6 is 0 Å². The van der Waals surface area contributed by atoms with E-state index in [0.29, 0.717) is 18.7 Å². The summed E-state index contributed by atoms with van der Waals surface area (Å²) in [6.45, 7) is 2.82. The predicted molar refractivity (Wildman–Crippen MR) is 121 cm³/mol. The second kappa shape index (κ2) is 8.72. The Balaban J connectivity index is 1.43. The standard InChI is InChI=1S/C26H26N2O3/c29-26(24-12-6-9-20-8-2-3-11-23(20)24)28(18-21-10-7-17-30-21)19-22-13-14-25(31-22)27-15-4-1-5-16-27/h2-3,6-14,17H,1,4-5,15-16,18-19H2. The molecular formula is C26H26N2O3. The van der Waals surface area contributed by atoms with Gasteiger partial charge in [-0.05, 0) is 54.3 Å². The van der Waals surface area contributed by atoms with Gasteiger partial charge in [0.05, 0.1) is 19.4 Å². The molecule has 0 saturated carbocycles. The summed E-state index contributed by atoms with van der Waals surface area (Å²) >= 11 is 0. The Hall–Kier alpha value is -3.47. The molecule has 3 heterocycles. The van der Waals surface area contributed by atoms with Gasteiger partial charge in [0.25, 0.3) is 5.91 Å². The van der Waals surface area contributed by atoms with Crippen LogP contribution in [0.25, 0.3) is 10.8 Å². The third kappa shape index (κ3) is 4.22. The van der Waals surface area contributed by atoms with E-state index in [9.17, 15) is 4.79 Å². The Bertz CT molecular complexity index is 1150. The maximum Gasteiger partial charge on any atom is 0.255 e. The van der Waals surface area contributed by atoms with Crippen LogP contribution in [0.3, 0.4) is 0 Å². The smallest absolute Gasteiger partial charge is 0.255 e. The molecule has 5 heteroatoms. The molecule has 5 nitrogen and oxygen atoms in total. The number of anilines is 1. The number of hydrogen-bond donors (Lipinski definition) is 0. The lowest BCUT2D eigenvalue weighted by Crippen LogP contribution is -2.30. The Kier molecular flexibility index (Phi) is 5.48. The van der Waals surface area contributed by atoms with Crippen molar-refractivity contribution in [1.29, 1.82) is 0 Å². The molecule has 1 aliphatic rings. The summed E-state index contributed by atoms with van der Waals surface area (Å²) < 4.78 is 11.7. The lowest BCUT2D eigenvalue weighted by molar-refractivity contribution is 0.0707. The molecule has 1 amide bonds. The molecule has 0 unspecified atom stereocenters. The van der Waals surface area contributed by atoms with E-state index in [1.54, 1.807) is 11.2 Å². The first kappa shape index (κ1) is 19.5. The molecule has 1 saturated heterocycles. The molecule has 0 N–H and O–H groups in total. The normalized spacial score (nSPS) is 14.1. The minimum Gasteiger partial charge on any atom is -0.467 e. The number of nitrogens with zero attached hydrogens (tertiary/aromatic N) is 2. The molecule has 31 heavy (non-hydrogen) atoms. The Morgan fingerprint density at radius 3 is 2.48 bits per heavy atom. The van der Waals surface area contributed by atoms with E-state index in [-0.39, 0.29) is 5.91 Å². The van der Waals surface area contributed by atoms with Gasteiger partial charge in [-0.3, -0.25) is 4.79 Å². The average molecular weight is 415 g/mol. The third-order valence-electron chi connectivity index (χ3n) is 5.90. The van der Waals surface area contributed by atoms with Crippen LogP contribution in [0, 0.1) is 0 Å². The van der Waals surface area contributed by atoms with Crippen molar-refractivity contribution in [2.75, 3.05) is 18.0 Å². The first-order chi connectivity index (χ1) is 15.3. The maximum atomic E-state index is 13.6. The van der Waals surface area contributed by atoms with Crippen LogP contribution in [-0.2, 0) is 13.1 Å². The van der Waals surface area contributed by atoms with Crippen LogP contribution < -0.4 is 4.90 Å². The van der Waals surface area contributed by atoms with Gasteiger partial charge in [-0.25, -0.2) is 0 Å². The molecule has 1 aliphatic heterocycles. The number of fused-ring (bicyclic) bond motifs is 1. The summed E-state index contributed by atoms with van der Waals surface area (Å²) in [4.78, 5) is 17.7. The second-order valence-corrected chi connectivity index (χ2v) is 8.05. The van der Waals surface area contributed by atoms with E-state index in [1.807, 2.05) is 66.7 Å². The van der Waals surface area contributed by atoms with Crippen molar-refractivity contribution in [3.05, 3.63) is 90.1 Å². The van der Waals surface area contributed by atoms with Crippen LogP contribution in [-0.4, -0.2) is 23.9 Å². The van der Waals surface area contributed by atoms with E-state index in [1.165, 1.54) is 19.3 Å². The number of carbonyl (C=O) groups is 1. The van der Waals surface area contributed by atoms with E-state index in [2.05, 4.69) is 4.90 Å². The van der Waals surface area contributed by atoms with Crippen molar-refractivity contribution in [1.82, 2.24) is 4.90 Å². The Morgan fingerprint density at radius 2 is 1.65 bits per heavy atom. The summed E-state index contributed by atoms with van der Waals surface area (Å²) in [7, 11) is 0. The van der Waals surface area contributed by atoms with Crippen LogP contribution in [0.5, 0.6) is 0 Å². The first-order valence-corrected chi connectivity index (χ1v) is 10.9. The van der Waals surface area contributed by atoms with Gasteiger partial charge in [0.1, 0.15) is 11.5 Å². The van der Waals surface area contributed by atoms with Crippen molar-refractivity contribution in [3.8, 4) is 0 Å². The van der Waals surface area contributed by atoms with Gasteiger partial charge in [-0.2, -0.15) is 0 Å². The fraction of sp³-hybridized carbons (Fsp3) is 0.269. The fourth-order valence-corrected chi connectivity index (χ4v) is 4.30. The topological polar surface area (TPSA) is 49.8 Å². The fourth-order valence-electron chi connectivity index (χ4n) is 4.30. The zero-order valence-corrected chi connectivity index (χ0v) is 17.5. The van der Waals surface area contributed by atoms with Gasteiger partial charge < -0.3 is 18.6 Å². The molecule has 0 aliphatic carbocycles. The van der Waals surface area contributed by atoms with Crippen LogP contribution in [0.1, 0.15) is 41.1 Å². The van der Waals surface area contributed by atoms with E-state index < -0.39 is 0 Å². The minimum atomic E-state index is -0.0378. The van der Waals surface area contributed by atoms with Gasteiger partial charge in [0.2, 0.25) is 0 Å². The number of rotatable bonds is 6. The van der Waals surface area contributed by atoms with E-state index >= 15 is 0 Å². The molecule has 0 atom stereocenters. The number of piperidine rings is 1. The highest BCUT2D eigenvalue weighted by Crippen LogP contribution is 2.26. The highest BCUT2D eigenvalue weighted by Gasteiger charge is 2.22. The zero-order chi connectivity index (χ0) is 21.0. The number of amides is 1. The summed E-state index contributed by atoms with van der Waals surface area (Å²) in [6, 6.07) is 21.6. The lowest BCUT2D eigenvalue weighted by atomic mass is 10.0. The summed E-state index contributed by atoms with van der Waals surface area (Å²) in [6.07, 6.45) is 5.30. The molecule has 0 bridgehead atoms. The number of benzene rings is 2. The van der Waals surface area contributed by atoms with Gasteiger partial charge in [-0.15, -0.1) is 0 Å². The summed E-state index contributed by atoms with van der Waals surface area (Å²) in [5.74, 6) is 2.38. The van der Waals surface area contributed by atoms with Crippen molar-refractivity contribution < 1.29 is 13.6 Å². The molecular weight excluding hydrogens is 388 g/mol. The molecule has 0 spiro atoms. The maximum absolute atomic E-state index is 13.6. The largest absolute Gasteiger partial charge is 0.467 e. The zero-order valence-electron chi connectivity index (χ0n) is 17.5. The SMILES string of the molecule is O=C(c1cccc2ccccc12)N(Cc1ccco1)Cc1ccc(N2CCCCC2)o1. The van der Waals surface area contributed by atoms with Crippen LogP contribution in [0.2, 0.25) is 0 Å². The van der Waals surface area contributed by atoms with Gasteiger partial charge in [-0.1, -0.05) is 36.4 Å². The number of hydrogen-bond acceptors (Lipinski definition) is 4. The molecule has 4 aromatic rings. The molecule has 5 rings (SSSR count). The monoisotopic (exact) mass is 414 g/mol. The molecule has 2 aromatic heterocycles. The van der Waals surface area contributed by atoms with Crippen molar-refractivity contribution in [3.63, 3.8) is 0 Å². The Morgan fingerprint density at radius 1 is 0.839 bits per heavy atom. The van der Waals surface area contributed by atoms with Gasteiger partial charge in [0.15, 0.2) is 5.88 Å². The Labute approximate surface area is 181 Å². The third-order valence-corrected chi connectivity index (χ3v) is 5.90. The molecule has 2 aromatic carbocycles. The lowest BCUT2D eigenvalue weighted by Gasteiger charge is -2.26. The van der Waals surface area contributed by atoms with Gasteiger partial charge in [0, 0.05) is 24.7 Å². The van der Waals surface area contributed by atoms with Gasteiger partial charge >= 0.3 is 0 Å². The first-order valence-electron chi connectivity index (χ1n) is 10.9. The van der Waals surface area contributed by atoms with Crippen molar-refractivity contribution in [2.24, 2.45) is 0 Å². The van der Waals surface area contributed by atoms with E-state index in [4.69, 9.17) is 8.83 Å². The quantitative estimate of drug-likeness (QED) is 0.397. The minimum absolute atomic E-state index is 0.0378. The van der Waals surface area contributed by atoms with Crippen LogP contribution in [0.15, 0.2) is 81.8 Å². The highest BCUT2D eigenvalue weighted by molar-refractivity contribution is 6.06. The highest BCUT2D eigenvalue weighted by atomic mass is 16.4. The molecule has 1 fully saturated rings. The summed E-state index contributed by atoms with van der Waals surface area (Å²) in [5, 5.41) is 2.00. The molecule has 0 radical (unpaired) electrons. The van der Waals surface area contributed by atoms with Crippen molar-refractivity contribution in [2.45, 2.75) is 32.4 Å². The average Bonchev–Trinajstić information content (AvgIpc) is 3.51. The van der Waals surface area contributed by atoms with E-state index in [0.717, 1.165) is 41.3 Å². The summed E-state index contributed by atoms with van der Waals surface area (Å²) in [5.41, 5.74) is 0.687. The number of carbonyl (C=O) groups excluding carboxylic acids is 1. The predicted octanol–water partition coefficient (Wildman–Crippen LogP) is 5.86. The second-order valence-electron chi connectivity index (χ2n) is 8.05. The number of furan rings is 2. The van der Waals surface area contributed by atoms with Crippen molar-refractivity contribution >= 4 is 22.6 Å². The van der Waals surface area contributed by atoms with Crippen LogP contribution in [0.4, 0.5) is 5.88 Å².